The number of hydrogen-bond acceptors (Lipinski definition) is 1. The van der Waals surface area contributed by atoms with Crippen molar-refractivity contribution in [2.24, 2.45) is 11.8 Å². The van der Waals surface area contributed by atoms with Crippen LogP contribution in [0.3, 0.4) is 0 Å². The Morgan fingerprint density at radius 3 is 2.31 bits per heavy atom. The lowest BCUT2D eigenvalue weighted by Crippen LogP contribution is -2.26. The van der Waals surface area contributed by atoms with Crippen LogP contribution in [0.15, 0.2) is 0 Å². The summed E-state index contributed by atoms with van der Waals surface area (Å²) >= 11 is 0. The van der Waals surface area contributed by atoms with Gasteiger partial charge in [0, 0.05) is 12.6 Å². The molecule has 78 valence electrons. The van der Waals surface area contributed by atoms with Crippen LogP contribution in [-0.4, -0.2) is 24.5 Å². The highest BCUT2D eigenvalue weighted by atomic mass is 15.2. The lowest BCUT2D eigenvalue weighted by Gasteiger charge is -2.26. The quantitative estimate of drug-likeness (QED) is 0.557. The third-order valence-corrected chi connectivity index (χ3v) is 3.81. The first-order chi connectivity index (χ1) is 6.29. The van der Waals surface area contributed by atoms with Gasteiger partial charge in [-0.2, -0.15) is 0 Å². The van der Waals surface area contributed by atoms with Gasteiger partial charge in [0.2, 0.25) is 0 Å². The normalized spacial score (nSPS) is 39.2. The molecule has 0 aromatic heterocycles. The molecule has 0 aromatic carbocycles. The highest BCUT2D eigenvalue weighted by molar-refractivity contribution is 4.90. The molecule has 0 aromatic rings. The second kappa shape index (κ2) is 4.99. The Morgan fingerprint density at radius 1 is 1.08 bits per heavy atom. The highest BCUT2D eigenvalue weighted by Crippen LogP contribution is 2.39. The Kier molecular flexibility index (Phi) is 4.24. The molecule has 0 N–H and O–H groups in total. The van der Waals surface area contributed by atoms with E-state index in [1.165, 1.54) is 32.2 Å². The summed E-state index contributed by atoms with van der Waals surface area (Å²) in [4.78, 5) is 2.54. The molecule has 13 heavy (non-hydrogen) atoms. The summed E-state index contributed by atoms with van der Waals surface area (Å²) in [5.74, 6) is 2.08. The molecule has 1 aliphatic carbocycles. The van der Waals surface area contributed by atoms with E-state index in [1.807, 2.05) is 13.8 Å². The number of hydrogen-bond donors (Lipinski definition) is 0. The van der Waals surface area contributed by atoms with Crippen molar-refractivity contribution in [3.05, 3.63) is 0 Å². The summed E-state index contributed by atoms with van der Waals surface area (Å²) in [6.45, 7) is 7.77. The van der Waals surface area contributed by atoms with Gasteiger partial charge in [-0.15, -0.1) is 0 Å². The summed E-state index contributed by atoms with van der Waals surface area (Å²) in [6, 6.07) is 0.861. The smallest absolute Gasteiger partial charge is 0.00953 e. The molecule has 2 fully saturated rings. The molecule has 2 aliphatic rings. The molecule has 1 saturated heterocycles. The molecular weight excluding hydrogens is 158 g/mol. The summed E-state index contributed by atoms with van der Waals surface area (Å²) < 4.78 is 0. The second-order valence-corrected chi connectivity index (χ2v) is 4.39. The Morgan fingerprint density at radius 2 is 1.69 bits per heavy atom. The maximum absolute atomic E-state index is 2.54. The van der Waals surface area contributed by atoms with Crippen LogP contribution in [0.2, 0.25) is 0 Å². The molecule has 1 aliphatic heterocycles. The van der Waals surface area contributed by atoms with Crippen LogP contribution in [-0.2, 0) is 0 Å². The minimum Gasteiger partial charge on any atom is -0.303 e. The van der Waals surface area contributed by atoms with Gasteiger partial charge in [-0.1, -0.05) is 26.7 Å². The Bertz CT molecular complexity index is 144. The van der Waals surface area contributed by atoms with Gasteiger partial charge in [0.15, 0.2) is 0 Å². The topological polar surface area (TPSA) is 3.24 Å². The first-order valence-electron chi connectivity index (χ1n) is 5.99. The average Bonchev–Trinajstić information content (AvgIpc) is 2.47. The van der Waals surface area contributed by atoms with Gasteiger partial charge in [-0.25, -0.2) is 0 Å². The van der Waals surface area contributed by atoms with Crippen LogP contribution in [0.1, 0.15) is 46.5 Å². The molecule has 0 amide bonds. The first-order valence-corrected chi connectivity index (χ1v) is 5.99. The lowest BCUT2D eigenvalue weighted by molar-refractivity contribution is 0.251. The van der Waals surface area contributed by atoms with E-state index in [0.717, 1.165) is 17.9 Å². The highest BCUT2D eigenvalue weighted by Gasteiger charge is 2.37. The largest absolute Gasteiger partial charge is 0.303 e. The molecule has 1 heteroatoms. The van der Waals surface area contributed by atoms with Crippen molar-refractivity contribution in [1.29, 1.82) is 0 Å². The molecule has 0 bridgehead atoms. The van der Waals surface area contributed by atoms with E-state index in [1.54, 1.807) is 0 Å². The molecular formula is C12H25N. The van der Waals surface area contributed by atoms with E-state index in [0.29, 0.717) is 0 Å². The zero-order chi connectivity index (χ0) is 9.84. The molecule has 2 rings (SSSR count). The summed E-state index contributed by atoms with van der Waals surface area (Å²) in [5.41, 5.74) is 0. The molecule has 1 saturated carbocycles. The minimum absolute atomic E-state index is 0.861. The minimum atomic E-state index is 0.861. The molecule has 1 heterocycles. The van der Waals surface area contributed by atoms with E-state index in [4.69, 9.17) is 0 Å². The van der Waals surface area contributed by atoms with Crippen molar-refractivity contribution in [3.63, 3.8) is 0 Å². The van der Waals surface area contributed by atoms with Gasteiger partial charge >= 0.3 is 0 Å². The van der Waals surface area contributed by atoms with Gasteiger partial charge < -0.3 is 4.90 Å². The molecule has 3 atom stereocenters. The van der Waals surface area contributed by atoms with E-state index in [2.05, 4.69) is 18.9 Å². The van der Waals surface area contributed by atoms with Crippen LogP contribution in [0.4, 0.5) is 0 Å². The third kappa shape index (κ3) is 2.25. The number of likely N-dealkylation sites (tertiary alicyclic amines) is 1. The lowest BCUT2D eigenvalue weighted by atomic mass is 9.79. The van der Waals surface area contributed by atoms with Gasteiger partial charge in [0.05, 0.1) is 0 Å². The number of rotatable bonds is 0. The SMILES string of the molecule is CC.CC1C2CCCCC2CN1C. The second-order valence-electron chi connectivity index (χ2n) is 4.39. The fraction of sp³-hybridized carbons (Fsp3) is 1.00. The Balaban J connectivity index is 0.000000396. The maximum Gasteiger partial charge on any atom is 0.00953 e. The van der Waals surface area contributed by atoms with Crippen LogP contribution in [0.5, 0.6) is 0 Å². The van der Waals surface area contributed by atoms with Gasteiger partial charge in [-0.3, -0.25) is 0 Å². The fourth-order valence-electron chi connectivity index (χ4n) is 2.96. The van der Waals surface area contributed by atoms with Crippen molar-refractivity contribution >= 4 is 0 Å². The Hall–Kier alpha value is -0.0400. The Labute approximate surface area is 83.5 Å². The van der Waals surface area contributed by atoms with E-state index in [-0.39, 0.29) is 0 Å². The monoisotopic (exact) mass is 183 g/mol. The van der Waals surface area contributed by atoms with Crippen molar-refractivity contribution in [2.45, 2.75) is 52.5 Å². The van der Waals surface area contributed by atoms with E-state index < -0.39 is 0 Å². The van der Waals surface area contributed by atoms with Crippen LogP contribution >= 0.6 is 0 Å². The molecule has 0 spiro atoms. The van der Waals surface area contributed by atoms with Gasteiger partial charge in [-0.05, 0) is 38.6 Å². The summed E-state index contributed by atoms with van der Waals surface area (Å²) in [6.07, 6.45) is 5.97. The van der Waals surface area contributed by atoms with E-state index in [9.17, 15) is 0 Å². The zero-order valence-corrected chi connectivity index (χ0v) is 9.71. The van der Waals surface area contributed by atoms with E-state index >= 15 is 0 Å². The van der Waals surface area contributed by atoms with Crippen molar-refractivity contribution in [2.75, 3.05) is 13.6 Å². The van der Waals surface area contributed by atoms with Gasteiger partial charge in [0.1, 0.15) is 0 Å². The molecule has 3 unspecified atom stereocenters. The predicted octanol–water partition coefficient (Wildman–Crippen LogP) is 3.15. The molecule has 1 nitrogen and oxygen atoms in total. The number of nitrogens with zero attached hydrogens (tertiary/aromatic N) is 1. The first kappa shape index (κ1) is 11.0. The molecule has 0 radical (unpaired) electrons. The third-order valence-electron chi connectivity index (χ3n) is 3.81. The summed E-state index contributed by atoms with van der Waals surface area (Å²) in [7, 11) is 2.28. The van der Waals surface area contributed by atoms with Crippen LogP contribution in [0, 0.1) is 11.8 Å². The van der Waals surface area contributed by atoms with Crippen molar-refractivity contribution < 1.29 is 0 Å². The average molecular weight is 183 g/mol. The van der Waals surface area contributed by atoms with Crippen LogP contribution < -0.4 is 0 Å². The summed E-state index contributed by atoms with van der Waals surface area (Å²) in [5, 5.41) is 0. The van der Waals surface area contributed by atoms with Crippen molar-refractivity contribution in [3.8, 4) is 0 Å². The van der Waals surface area contributed by atoms with Gasteiger partial charge in [0.25, 0.3) is 0 Å². The van der Waals surface area contributed by atoms with Crippen molar-refractivity contribution in [1.82, 2.24) is 4.90 Å². The predicted molar refractivity (Wildman–Crippen MR) is 58.9 cm³/mol. The zero-order valence-electron chi connectivity index (χ0n) is 9.71. The number of fused-ring (bicyclic) bond motifs is 1. The standard InChI is InChI=1S/C10H19N.C2H6/c1-8-10-6-4-3-5-9(10)7-11(8)2;1-2/h8-10H,3-7H2,1-2H3;1-2H3. The fourth-order valence-corrected chi connectivity index (χ4v) is 2.96. The maximum atomic E-state index is 2.54. The van der Waals surface area contributed by atoms with Crippen LogP contribution in [0.25, 0.3) is 0 Å².